The fourth-order valence-corrected chi connectivity index (χ4v) is 1.88. The molecule has 0 aliphatic rings. The van der Waals surface area contributed by atoms with E-state index in [9.17, 15) is 34.6 Å². The first-order valence-corrected chi connectivity index (χ1v) is 10.4. The van der Waals surface area contributed by atoms with Gasteiger partial charge in [-0.15, -0.1) is 20.2 Å². The number of esters is 1. The Morgan fingerprint density at radius 1 is 0.722 bits per heavy atom. The summed E-state index contributed by atoms with van der Waals surface area (Å²) in [5, 5.41) is 20.1. The second-order valence-electron chi connectivity index (χ2n) is 6.07. The average Bonchev–Trinajstić information content (AvgIpc) is 2.82. The minimum Gasteiger partial charge on any atom is -0.462 e. The van der Waals surface area contributed by atoms with Crippen molar-refractivity contribution in [1.29, 1.82) is 0 Å². The SMILES string of the molecule is CCCOCCOC(=O)OCC(NC(=O)OCCOCCO[N+](=O)[O-])C(=O)OCCOCO[N+](=O)[O-]. The Bertz CT molecular complexity index is 664. The lowest BCUT2D eigenvalue weighted by Gasteiger charge is -2.17. The molecular weight excluding hydrogens is 502 g/mol. The van der Waals surface area contributed by atoms with Gasteiger partial charge in [-0.2, -0.15) is 0 Å². The van der Waals surface area contributed by atoms with Crippen molar-refractivity contribution in [1.82, 2.24) is 5.32 Å². The minimum atomic E-state index is -1.51. The molecule has 0 rings (SSSR count). The Morgan fingerprint density at radius 2 is 1.31 bits per heavy atom. The molecule has 0 heterocycles. The molecule has 1 N–H and O–H groups in total. The maximum atomic E-state index is 12.2. The fourth-order valence-electron chi connectivity index (χ4n) is 1.88. The lowest BCUT2D eigenvalue weighted by molar-refractivity contribution is -0.767. The van der Waals surface area contributed by atoms with Crippen molar-refractivity contribution < 1.29 is 67.4 Å². The summed E-state index contributed by atoms with van der Waals surface area (Å²) in [5.41, 5.74) is 0. The van der Waals surface area contributed by atoms with E-state index in [0.717, 1.165) is 6.42 Å². The molecule has 1 unspecified atom stereocenters. The number of rotatable bonds is 22. The lowest BCUT2D eigenvalue weighted by Crippen LogP contribution is -2.46. The zero-order chi connectivity index (χ0) is 27.0. The number of carbonyl (C=O) groups excluding carboxylic acids is 3. The Labute approximate surface area is 204 Å². The van der Waals surface area contributed by atoms with Crippen LogP contribution in [0.1, 0.15) is 13.3 Å². The minimum absolute atomic E-state index is 0.0975. The van der Waals surface area contributed by atoms with E-state index in [1.54, 1.807) is 0 Å². The zero-order valence-electron chi connectivity index (χ0n) is 19.5. The molecule has 0 fully saturated rings. The van der Waals surface area contributed by atoms with E-state index >= 15 is 0 Å². The highest BCUT2D eigenvalue weighted by Gasteiger charge is 2.25. The first kappa shape index (κ1) is 32.3. The van der Waals surface area contributed by atoms with Crippen molar-refractivity contribution in [2.24, 2.45) is 0 Å². The molecule has 19 heteroatoms. The summed E-state index contributed by atoms with van der Waals surface area (Å²) in [7, 11) is 0. The third kappa shape index (κ3) is 20.9. The van der Waals surface area contributed by atoms with Crippen LogP contribution in [0.2, 0.25) is 0 Å². The molecule has 0 aromatic carbocycles. The Hall–Kier alpha value is -3.71. The van der Waals surface area contributed by atoms with E-state index in [2.05, 4.69) is 15.0 Å². The number of alkyl carbamates (subject to hydrolysis) is 1. The molecule has 36 heavy (non-hydrogen) atoms. The number of ether oxygens (including phenoxy) is 7. The molecule has 0 saturated heterocycles. The average molecular weight is 531 g/mol. The number of hydrogen-bond donors (Lipinski definition) is 1. The van der Waals surface area contributed by atoms with E-state index in [1.165, 1.54) is 0 Å². The predicted molar refractivity (Wildman–Crippen MR) is 110 cm³/mol. The molecule has 208 valence electrons. The van der Waals surface area contributed by atoms with Crippen LogP contribution >= 0.6 is 0 Å². The smallest absolute Gasteiger partial charge is 0.462 e. The van der Waals surface area contributed by atoms with Gasteiger partial charge in [-0.1, -0.05) is 6.92 Å². The van der Waals surface area contributed by atoms with Crippen molar-refractivity contribution in [2.75, 3.05) is 72.9 Å². The lowest BCUT2D eigenvalue weighted by atomic mass is 10.3. The number of hydrogen-bond acceptors (Lipinski definition) is 16. The largest absolute Gasteiger partial charge is 0.508 e. The Kier molecular flexibility index (Phi) is 19.6. The van der Waals surface area contributed by atoms with Crippen LogP contribution in [-0.2, 0) is 47.6 Å². The standard InChI is InChI=1S/C17H29N3O16/c1-2-3-28-5-10-33-17(23)34-12-14(15(21)31-8-6-30-13-36-20(26)27)18-16(22)32-9-4-29-7-11-35-19(24)25/h14H,2-13H2,1H3,(H,18,22). The molecule has 0 saturated carbocycles. The van der Waals surface area contributed by atoms with Gasteiger partial charge in [0.15, 0.2) is 12.8 Å². The van der Waals surface area contributed by atoms with Crippen molar-refractivity contribution in [3.8, 4) is 0 Å². The number of nitrogens with one attached hydrogen (secondary N) is 1. The Morgan fingerprint density at radius 3 is 1.97 bits per heavy atom. The van der Waals surface area contributed by atoms with Gasteiger partial charge in [-0.05, 0) is 6.42 Å². The van der Waals surface area contributed by atoms with Gasteiger partial charge in [0.1, 0.15) is 33.0 Å². The molecule has 0 spiro atoms. The van der Waals surface area contributed by atoms with E-state index in [-0.39, 0.29) is 52.9 Å². The van der Waals surface area contributed by atoms with E-state index < -0.39 is 47.8 Å². The first-order valence-electron chi connectivity index (χ1n) is 10.4. The fraction of sp³-hybridized carbons (Fsp3) is 0.824. The van der Waals surface area contributed by atoms with E-state index in [1.807, 2.05) is 6.92 Å². The van der Waals surface area contributed by atoms with Crippen LogP contribution in [0.3, 0.4) is 0 Å². The highest BCUT2D eigenvalue weighted by atomic mass is 17.0. The normalized spacial score (nSPS) is 11.0. The van der Waals surface area contributed by atoms with Crippen LogP contribution in [0.5, 0.6) is 0 Å². The summed E-state index contributed by atoms with van der Waals surface area (Å²) >= 11 is 0. The summed E-state index contributed by atoms with van der Waals surface area (Å²) in [6.45, 7) is -0.424. The highest BCUT2D eigenvalue weighted by molar-refractivity contribution is 5.81. The molecule has 0 aromatic heterocycles. The van der Waals surface area contributed by atoms with Crippen molar-refractivity contribution in [2.45, 2.75) is 19.4 Å². The maximum absolute atomic E-state index is 12.2. The van der Waals surface area contributed by atoms with E-state index in [4.69, 9.17) is 33.2 Å². The monoisotopic (exact) mass is 531 g/mol. The van der Waals surface area contributed by atoms with Crippen LogP contribution in [0.15, 0.2) is 0 Å². The molecule has 0 radical (unpaired) electrons. The molecule has 0 aliphatic heterocycles. The molecule has 0 aromatic rings. The summed E-state index contributed by atoms with van der Waals surface area (Å²) in [5.74, 6) is -1.04. The molecular formula is C17H29N3O16. The van der Waals surface area contributed by atoms with Gasteiger partial charge in [-0.25, -0.2) is 14.4 Å². The van der Waals surface area contributed by atoms with Crippen molar-refractivity contribution in [3.05, 3.63) is 20.2 Å². The van der Waals surface area contributed by atoms with Gasteiger partial charge >= 0.3 is 18.2 Å². The summed E-state index contributed by atoms with van der Waals surface area (Å²) in [6.07, 6.45) is -1.44. The van der Waals surface area contributed by atoms with Crippen LogP contribution in [0, 0.1) is 20.2 Å². The highest BCUT2D eigenvalue weighted by Crippen LogP contribution is 1.97. The molecule has 0 aliphatic carbocycles. The molecule has 1 atom stereocenters. The van der Waals surface area contributed by atoms with Gasteiger partial charge in [0.25, 0.3) is 10.2 Å². The van der Waals surface area contributed by atoms with Crippen molar-refractivity contribution in [3.63, 3.8) is 0 Å². The summed E-state index contributed by atoms with van der Waals surface area (Å²) in [6, 6.07) is -1.51. The quantitative estimate of drug-likeness (QED) is 0.0468. The van der Waals surface area contributed by atoms with Gasteiger partial charge in [0.2, 0.25) is 0 Å². The Balaban J connectivity index is 4.46. The third-order valence-electron chi connectivity index (χ3n) is 3.34. The zero-order valence-corrected chi connectivity index (χ0v) is 19.5. The number of carbonyl (C=O) groups is 3. The maximum Gasteiger partial charge on any atom is 0.508 e. The number of amides is 1. The van der Waals surface area contributed by atoms with Crippen LogP contribution in [0.25, 0.3) is 0 Å². The van der Waals surface area contributed by atoms with Gasteiger partial charge in [0, 0.05) is 6.61 Å². The van der Waals surface area contributed by atoms with Crippen molar-refractivity contribution >= 4 is 18.2 Å². The van der Waals surface area contributed by atoms with Crippen LogP contribution in [0.4, 0.5) is 9.59 Å². The van der Waals surface area contributed by atoms with Gasteiger partial charge in [-0.3, -0.25) is 4.84 Å². The van der Waals surface area contributed by atoms with Gasteiger partial charge < -0.3 is 43.3 Å². The second kappa shape index (κ2) is 21.8. The van der Waals surface area contributed by atoms with Crippen LogP contribution < -0.4 is 5.32 Å². The van der Waals surface area contributed by atoms with E-state index in [0.29, 0.717) is 6.61 Å². The second-order valence-corrected chi connectivity index (χ2v) is 6.07. The summed E-state index contributed by atoms with van der Waals surface area (Å²) < 4.78 is 34.0. The first-order chi connectivity index (χ1) is 17.3. The van der Waals surface area contributed by atoms with Crippen LogP contribution in [-0.4, -0.2) is 107 Å². The predicted octanol–water partition coefficient (Wildman–Crippen LogP) is -0.388. The topological polar surface area (TPSA) is 233 Å². The molecule has 19 nitrogen and oxygen atoms in total. The number of nitrogens with zero attached hydrogens (tertiary/aromatic N) is 2. The van der Waals surface area contributed by atoms with Gasteiger partial charge in [0.05, 0.1) is 26.4 Å². The summed E-state index contributed by atoms with van der Waals surface area (Å²) in [4.78, 5) is 63.7. The third-order valence-corrected chi connectivity index (χ3v) is 3.34. The molecule has 1 amide bonds. The molecule has 0 bridgehead atoms.